The minimum absolute atomic E-state index is 0.267. The summed E-state index contributed by atoms with van der Waals surface area (Å²) in [7, 11) is 0. The van der Waals surface area contributed by atoms with Crippen LogP contribution < -0.4 is 5.73 Å². The molecule has 0 fully saturated rings. The molecule has 0 bridgehead atoms. The third-order valence-electron chi connectivity index (χ3n) is 1.69. The molecule has 1 amide bonds. The van der Waals surface area contributed by atoms with E-state index >= 15 is 0 Å². The van der Waals surface area contributed by atoms with Crippen LogP contribution in [0.2, 0.25) is 0 Å². The fourth-order valence-corrected chi connectivity index (χ4v) is 0.819. The van der Waals surface area contributed by atoms with Gasteiger partial charge in [0.05, 0.1) is 6.10 Å². The van der Waals surface area contributed by atoms with Crippen molar-refractivity contribution in [2.45, 2.75) is 39.2 Å². The Bertz CT molecular complexity index is 123. The van der Waals surface area contributed by atoms with Crippen LogP contribution in [0.4, 0.5) is 0 Å². The molecule has 1 atom stereocenters. The number of hydrogen-bond acceptors (Lipinski definition) is 2. The number of carbonyl (C=O) groups is 1. The Balaban J connectivity index is 3.31. The fraction of sp³-hybridized carbons (Fsp3) is 0.875. The van der Waals surface area contributed by atoms with Crippen LogP contribution in [-0.4, -0.2) is 17.1 Å². The summed E-state index contributed by atoms with van der Waals surface area (Å²) < 4.78 is 0. The number of primary amides is 1. The van der Waals surface area contributed by atoms with E-state index in [0.29, 0.717) is 19.3 Å². The number of carbonyl (C=O) groups excluding carboxylic acids is 1. The number of aliphatic hydroxyl groups excluding tert-OH is 1. The zero-order chi connectivity index (χ0) is 8.85. The lowest BCUT2D eigenvalue weighted by Gasteiger charge is -2.12. The van der Waals surface area contributed by atoms with Crippen molar-refractivity contribution in [1.82, 2.24) is 0 Å². The number of nitrogens with two attached hydrogens (primary N) is 1. The van der Waals surface area contributed by atoms with Crippen LogP contribution in [0.1, 0.15) is 33.1 Å². The Kier molecular flexibility index (Phi) is 4.86. The molecule has 0 aliphatic heterocycles. The molecular weight excluding hydrogens is 142 g/mol. The normalized spacial score (nSPS) is 13.5. The van der Waals surface area contributed by atoms with Gasteiger partial charge in [0.15, 0.2) is 0 Å². The summed E-state index contributed by atoms with van der Waals surface area (Å²) in [5.74, 6) is -0.0242. The van der Waals surface area contributed by atoms with Gasteiger partial charge < -0.3 is 10.8 Å². The first-order valence-corrected chi connectivity index (χ1v) is 4.00. The van der Waals surface area contributed by atoms with Gasteiger partial charge in [0.25, 0.3) is 0 Å². The first-order chi connectivity index (χ1) is 5.04. The van der Waals surface area contributed by atoms with Gasteiger partial charge in [-0.2, -0.15) is 0 Å². The van der Waals surface area contributed by atoms with E-state index in [9.17, 15) is 9.90 Å². The highest BCUT2D eigenvalue weighted by Crippen LogP contribution is 2.08. The summed E-state index contributed by atoms with van der Waals surface area (Å²) >= 11 is 0. The summed E-state index contributed by atoms with van der Waals surface area (Å²) in [6, 6.07) is 0. The topological polar surface area (TPSA) is 63.3 Å². The van der Waals surface area contributed by atoms with Crippen molar-refractivity contribution < 1.29 is 9.90 Å². The zero-order valence-corrected chi connectivity index (χ0v) is 7.21. The Morgan fingerprint density at radius 3 is 2.45 bits per heavy atom. The molecule has 1 unspecified atom stereocenters. The lowest BCUT2D eigenvalue weighted by molar-refractivity contribution is -0.118. The van der Waals surface area contributed by atoms with Gasteiger partial charge in [-0.15, -0.1) is 0 Å². The quantitative estimate of drug-likeness (QED) is 0.619. The van der Waals surface area contributed by atoms with Crippen LogP contribution in [0, 0.1) is 5.92 Å². The van der Waals surface area contributed by atoms with E-state index in [-0.39, 0.29) is 17.9 Å². The second-order valence-corrected chi connectivity index (χ2v) is 3.17. The summed E-state index contributed by atoms with van der Waals surface area (Å²) in [5, 5.41) is 9.29. The van der Waals surface area contributed by atoms with E-state index < -0.39 is 0 Å². The average molecular weight is 159 g/mol. The maximum Gasteiger partial charge on any atom is 0.217 e. The first-order valence-electron chi connectivity index (χ1n) is 4.00. The van der Waals surface area contributed by atoms with Crippen LogP contribution in [0.25, 0.3) is 0 Å². The maximum absolute atomic E-state index is 10.3. The van der Waals surface area contributed by atoms with Crippen molar-refractivity contribution in [1.29, 1.82) is 0 Å². The Morgan fingerprint density at radius 2 is 2.09 bits per heavy atom. The molecule has 0 aromatic carbocycles. The highest BCUT2D eigenvalue weighted by atomic mass is 16.3. The Labute approximate surface area is 67.6 Å². The number of rotatable bonds is 5. The highest BCUT2D eigenvalue weighted by Gasteiger charge is 2.08. The molecule has 0 saturated carbocycles. The van der Waals surface area contributed by atoms with Gasteiger partial charge in [-0.25, -0.2) is 0 Å². The summed E-state index contributed by atoms with van der Waals surface area (Å²) in [6.45, 7) is 3.91. The minimum atomic E-state index is -0.297. The summed E-state index contributed by atoms with van der Waals surface area (Å²) in [5.41, 5.74) is 4.93. The van der Waals surface area contributed by atoms with E-state index in [1.165, 1.54) is 0 Å². The van der Waals surface area contributed by atoms with Crippen molar-refractivity contribution in [3.05, 3.63) is 0 Å². The number of aliphatic hydroxyl groups is 1. The molecule has 0 aliphatic carbocycles. The smallest absolute Gasteiger partial charge is 0.217 e. The molecule has 0 rings (SSSR count). The fourth-order valence-electron chi connectivity index (χ4n) is 0.819. The van der Waals surface area contributed by atoms with Crippen molar-refractivity contribution in [3.63, 3.8) is 0 Å². The van der Waals surface area contributed by atoms with Gasteiger partial charge >= 0.3 is 0 Å². The average Bonchev–Trinajstić information content (AvgIpc) is 1.86. The van der Waals surface area contributed by atoms with Crippen molar-refractivity contribution >= 4 is 5.91 Å². The van der Waals surface area contributed by atoms with Gasteiger partial charge in [-0.3, -0.25) is 4.79 Å². The molecule has 3 nitrogen and oxygen atoms in total. The Hall–Kier alpha value is -0.570. The Morgan fingerprint density at radius 1 is 1.55 bits per heavy atom. The SMILES string of the molecule is CC(C)C(O)CCCC(N)=O. The highest BCUT2D eigenvalue weighted by molar-refractivity contribution is 5.73. The van der Waals surface area contributed by atoms with E-state index in [2.05, 4.69) is 0 Å². The zero-order valence-electron chi connectivity index (χ0n) is 7.21. The van der Waals surface area contributed by atoms with Crippen LogP contribution in [-0.2, 0) is 4.79 Å². The largest absolute Gasteiger partial charge is 0.393 e. The molecule has 66 valence electrons. The molecule has 0 saturated heterocycles. The molecule has 3 heteroatoms. The number of hydrogen-bond donors (Lipinski definition) is 2. The number of amides is 1. The molecule has 3 N–H and O–H groups in total. The molecule has 0 heterocycles. The first kappa shape index (κ1) is 10.4. The van der Waals surface area contributed by atoms with Gasteiger partial charge in [0.1, 0.15) is 0 Å². The van der Waals surface area contributed by atoms with Crippen LogP contribution in [0.5, 0.6) is 0 Å². The van der Waals surface area contributed by atoms with Gasteiger partial charge in [0.2, 0.25) is 5.91 Å². The third kappa shape index (κ3) is 5.85. The second-order valence-electron chi connectivity index (χ2n) is 3.17. The summed E-state index contributed by atoms with van der Waals surface area (Å²) in [6.07, 6.45) is 1.44. The lowest BCUT2D eigenvalue weighted by atomic mass is 10.0. The molecule has 0 aliphatic rings. The van der Waals surface area contributed by atoms with Gasteiger partial charge in [-0.1, -0.05) is 13.8 Å². The molecule has 0 spiro atoms. The third-order valence-corrected chi connectivity index (χ3v) is 1.69. The van der Waals surface area contributed by atoms with Crippen molar-refractivity contribution in [3.8, 4) is 0 Å². The molecule has 0 aromatic heterocycles. The van der Waals surface area contributed by atoms with E-state index in [1.54, 1.807) is 0 Å². The van der Waals surface area contributed by atoms with Crippen LogP contribution in [0.15, 0.2) is 0 Å². The van der Waals surface area contributed by atoms with E-state index in [1.807, 2.05) is 13.8 Å². The molecule has 11 heavy (non-hydrogen) atoms. The van der Waals surface area contributed by atoms with Crippen molar-refractivity contribution in [2.24, 2.45) is 11.7 Å². The maximum atomic E-state index is 10.3. The van der Waals surface area contributed by atoms with Crippen LogP contribution in [0.3, 0.4) is 0 Å². The second kappa shape index (κ2) is 5.13. The molecule has 0 aromatic rings. The standard InChI is InChI=1S/C8H17NO2/c1-6(2)7(10)4-3-5-8(9)11/h6-7,10H,3-5H2,1-2H3,(H2,9,11). The van der Waals surface area contributed by atoms with E-state index in [4.69, 9.17) is 5.73 Å². The predicted octanol–water partition coefficient (Wildman–Crippen LogP) is 0.659. The lowest BCUT2D eigenvalue weighted by Crippen LogP contribution is -2.16. The van der Waals surface area contributed by atoms with Gasteiger partial charge in [-0.05, 0) is 18.8 Å². The minimum Gasteiger partial charge on any atom is -0.393 e. The van der Waals surface area contributed by atoms with E-state index in [0.717, 1.165) is 0 Å². The summed E-state index contributed by atoms with van der Waals surface area (Å²) in [4.78, 5) is 10.3. The predicted molar refractivity (Wildman–Crippen MR) is 43.9 cm³/mol. The monoisotopic (exact) mass is 159 g/mol. The van der Waals surface area contributed by atoms with Gasteiger partial charge in [0, 0.05) is 6.42 Å². The molecule has 0 radical (unpaired) electrons. The van der Waals surface area contributed by atoms with Crippen LogP contribution >= 0.6 is 0 Å². The van der Waals surface area contributed by atoms with Crippen molar-refractivity contribution in [2.75, 3.05) is 0 Å². The molecular formula is C8H17NO2.